The molecule has 20 heavy (non-hydrogen) atoms. The van der Waals surface area contributed by atoms with Gasteiger partial charge in [0.25, 0.3) is 5.91 Å². The molecule has 1 atom stereocenters. The number of ether oxygens (including phenoxy) is 1. The molecule has 2 N–H and O–H groups in total. The number of nitrogens with zero attached hydrogens (tertiary/aromatic N) is 1. The lowest BCUT2D eigenvalue weighted by molar-refractivity contribution is -0.386. The van der Waals surface area contributed by atoms with E-state index < -0.39 is 4.92 Å². The lowest BCUT2D eigenvalue weighted by Crippen LogP contribution is -2.23. The predicted molar refractivity (Wildman–Crippen MR) is 73.0 cm³/mol. The van der Waals surface area contributed by atoms with Crippen LogP contribution in [0.25, 0.3) is 0 Å². The van der Waals surface area contributed by atoms with Crippen LogP contribution in [0.15, 0.2) is 18.2 Å². The molecule has 0 aromatic heterocycles. The minimum absolute atomic E-state index is 0.0657. The molecule has 1 unspecified atom stereocenters. The number of amides is 1. The summed E-state index contributed by atoms with van der Waals surface area (Å²) in [6.45, 7) is 3.78. The van der Waals surface area contributed by atoms with E-state index in [1.807, 2.05) is 0 Å². The number of nitro benzene ring substituents is 1. The van der Waals surface area contributed by atoms with Gasteiger partial charge in [-0.15, -0.1) is 0 Å². The Labute approximate surface area is 116 Å². The molecular weight excluding hydrogens is 262 g/mol. The van der Waals surface area contributed by atoms with Gasteiger partial charge in [-0.05, 0) is 32.0 Å². The van der Waals surface area contributed by atoms with Crippen molar-refractivity contribution in [1.29, 1.82) is 0 Å². The fourth-order valence-electron chi connectivity index (χ4n) is 2.07. The zero-order valence-corrected chi connectivity index (χ0v) is 11.2. The molecule has 0 radical (unpaired) electrons. The van der Waals surface area contributed by atoms with E-state index in [4.69, 9.17) is 4.74 Å². The quantitative estimate of drug-likeness (QED) is 0.621. The molecule has 108 valence electrons. The Balaban J connectivity index is 2.23. The second-order valence-corrected chi connectivity index (χ2v) is 4.53. The Kier molecular flexibility index (Phi) is 4.52. The van der Waals surface area contributed by atoms with E-state index in [1.54, 1.807) is 6.92 Å². The van der Waals surface area contributed by atoms with Gasteiger partial charge in [0.2, 0.25) is 0 Å². The molecule has 1 aliphatic rings. The first-order valence-corrected chi connectivity index (χ1v) is 6.56. The van der Waals surface area contributed by atoms with E-state index in [9.17, 15) is 14.9 Å². The van der Waals surface area contributed by atoms with Gasteiger partial charge in [0.15, 0.2) is 5.75 Å². The van der Waals surface area contributed by atoms with Crippen LogP contribution < -0.4 is 15.4 Å². The molecule has 1 heterocycles. The highest BCUT2D eigenvalue weighted by atomic mass is 16.6. The van der Waals surface area contributed by atoms with Crippen LogP contribution in [-0.4, -0.2) is 36.6 Å². The van der Waals surface area contributed by atoms with Crippen LogP contribution >= 0.6 is 0 Å². The second kappa shape index (κ2) is 6.33. The predicted octanol–water partition coefficient (Wildman–Crippen LogP) is 1.09. The molecule has 1 amide bonds. The first-order valence-electron chi connectivity index (χ1n) is 6.56. The molecule has 2 rings (SSSR count). The van der Waals surface area contributed by atoms with Crippen molar-refractivity contribution in [3.05, 3.63) is 33.9 Å². The Morgan fingerprint density at radius 3 is 3.00 bits per heavy atom. The maximum atomic E-state index is 11.7. The summed E-state index contributed by atoms with van der Waals surface area (Å²) in [6, 6.07) is 4.28. The van der Waals surface area contributed by atoms with Gasteiger partial charge in [-0.2, -0.15) is 0 Å². The number of benzene rings is 1. The monoisotopic (exact) mass is 279 g/mol. The van der Waals surface area contributed by atoms with E-state index in [2.05, 4.69) is 10.6 Å². The van der Waals surface area contributed by atoms with Gasteiger partial charge in [-0.25, -0.2) is 0 Å². The lowest BCUT2D eigenvalue weighted by Gasteiger charge is -2.13. The van der Waals surface area contributed by atoms with Crippen molar-refractivity contribution in [1.82, 2.24) is 10.6 Å². The van der Waals surface area contributed by atoms with Crippen molar-refractivity contribution in [3.63, 3.8) is 0 Å². The number of carbonyl (C=O) groups is 1. The van der Waals surface area contributed by atoms with Crippen molar-refractivity contribution >= 4 is 11.6 Å². The van der Waals surface area contributed by atoms with Crippen molar-refractivity contribution in [2.45, 2.75) is 19.4 Å². The first kappa shape index (κ1) is 14.3. The molecule has 0 aliphatic carbocycles. The summed E-state index contributed by atoms with van der Waals surface area (Å²) in [4.78, 5) is 22.3. The molecule has 0 spiro atoms. The highest BCUT2D eigenvalue weighted by molar-refractivity contribution is 5.95. The largest absolute Gasteiger partial charge is 0.482 e. The fourth-order valence-corrected chi connectivity index (χ4v) is 2.07. The highest BCUT2D eigenvalue weighted by Gasteiger charge is 2.23. The molecule has 7 nitrogen and oxygen atoms in total. The Morgan fingerprint density at radius 2 is 2.40 bits per heavy atom. The van der Waals surface area contributed by atoms with Gasteiger partial charge >= 0.3 is 5.69 Å². The molecular formula is C13H17N3O4. The van der Waals surface area contributed by atoms with Gasteiger partial charge < -0.3 is 15.4 Å². The summed E-state index contributed by atoms with van der Waals surface area (Å²) in [5.74, 6) is -0.124. The number of carbonyl (C=O) groups excluding carboxylic acids is 1. The number of hydrogen-bond acceptors (Lipinski definition) is 5. The summed E-state index contributed by atoms with van der Waals surface area (Å²) >= 11 is 0. The van der Waals surface area contributed by atoms with E-state index in [1.165, 1.54) is 18.2 Å². The maximum absolute atomic E-state index is 11.7. The standard InChI is InChI=1S/C13H17N3O4/c1-2-15-13(17)9-3-4-12(11(7-9)16(18)19)20-10-5-6-14-8-10/h3-4,7,10,14H,2,5-6,8H2,1H3,(H,15,17). The van der Waals surface area contributed by atoms with Crippen LogP contribution in [0.3, 0.4) is 0 Å². The number of hydrogen-bond donors (Lipinski definition) is 2. The van der Waals surface area contributed by atoms with E-state index in [0.717, 1.165) is 13.0 Å². The maximum Gasteiger partial charge on any atom is 0.311 e. The highest BCUT2D eigenvalue weighted by Crippen LogP contribution is 2.29. The van der Waals surface area contributed by atoms with Gasteiger partial charge in [0.1, 0.15) is 6.10 Å². The molecule has 1 saturated heterocycles. The summed E-state index contributed by atoms with van der Waals surface area (Å²) < 4.78 is 5.63. The van der Waals surface area contributed by atoms with Crippen LogP contribution in [0.2, 0.25) is 0 Å². The molecule has 1 aliphatic heterocycles. The van der Waals surface area contributed by atoms with Crippen LogP contribution in [0, 0.1) is 10.1 Å². The Morgan fingerprint density at radius 1 is 1.60 bits per heavy atom. The van der Waals surface area contributed by atoms with E-state index in [0.29, 0.717) is 13.1 Å². The van der Waals surface area contributed by atoms with Crippen molar-refractivity contribution in [3.8, 4) is 5.75 Å². The smallest absolute Gasteiger partial charge is 0.311 e. The third-order valence-electron chi connectivity index (χ3n) is 3.06. The van der Waals surface area contributed by atoms with E-state index in [-0.39, 0.29) is 29.0 Å². The molecule has 7 heteroatoms. The SMILES string of the molecule is CCNC(=O)c1ccc(OC2CCNC2)c([N+](=O)[O-])c1. The van der Waals surface area contributed by atoms with Gasteiger partial charge in [-0.1, -0.05) is 0 Å². The average Bonchev–Trinajstić information content (AvgIpc) is 2.92. The number of nitro groups is 1. The van der Waals surface area contributed by atoms with Crippen molar-refractivity contribution in [2.24, 2.45) is 0 Å². The summed E-state index contributed by atoms with van der Waals surface area (Å²) in [5, 5.41) is 16.8. The summed E-state index contributed by atoms with van der Waals surface area (Å²) in [5.41, 5.74) is 0.0797. The zero-order valence-electron chi connectivity index (χ0n) is 11.2. The van der Waals surface area contributed by atoms with Crippen LogP contribution in [0.5, 0.6) is 5.75 Å². The topological polar surface area (TPSA) is 93.5 Å². The van der Waals surface area contributed by atoms with Crippen LogP contribution in [-0.2, 0) is 0 Å². The third kappa shape index (κ3) is 3.24. The minimum atomic E-state index is -0.527. The van der Waals surface area contributed by atoms with E-state index >= 15 is 0 Å². The summed E-state index contributed by atoms with van der Waals surface area (Å²) in [6.07, 6.45) is 0.749. The Hall–Kier alpha value is -2.15. The van der Waals surface area contributed by atoms with Crippen LogP contribution in [0.1, 0.15) is 23.7 Å². The molecule has 0 bridgehead atoms. The van der Waals surface area contributed by atoms with Gasteiger partial charge in [0.05, 0.1) is 4.92 Å². The average molecular weight is 279 g/mol. The van der Waals surface area contributed by atoms with Gasteiger partial charge in [-0.3, -0.25) is 14.9 Å². The molecule has 0 saturated carbocycles. The third-order valence-corrected chi connectivity index (χ3v) is 3.06. The zero-order chi connectivity index (χ0) is 14.5. The number of nitrogens with one attached hydrogen (secondary N) is 2. The van der Waals surface area contributed by atoms with Crippen LogP contribution in [0.4, 0.5) is 5.69 Å². The Bertz CT molecular complexity index is 512. The lowest BCUT2D eigenvalue weighted by atomic mass is 10.1. The molecule has 1 aromatic rings. The van der Waals surface area contributed by atoms with Crippen molar-refractivity contribution in [2.75, 3.05) is 19.6 Å². The second-order valence-electron chi connectivity index (χ2n) is 4.53. The number of rotatable bonds is 5. The molecule has 1 aromatic carbocycles. The normalized spacial score (nSPS) is 17.8. The minimum Gasteiger partial charge on any atom is -0.482 e. The molecule has 1 fully saturated rings. The summed E-state index contributed by atoms with van der Waals surface area (Å²) in [7, 11) is 0. The first-order chi connectivity index (χ1) is 9.61. The van der Waals surface area contributed by atoms with Gasteiger partial charge in [0, 0.05) is 24.7 Å². The fraction of sp³-hybridized carbons (Fsp3) is 0.462. The van der Waals surface area contributed by atoms with Crippen molar-refractivity contribution < 1.29 is 14.5 Å².